The number of nitrogens with one attached hydrogen (secondary N) is 2. The zero-order valence-electron chi connectivity index (χ0n) is 12.3. The number of ether oxygens (including phenoxy) is 2. The summed E-state index contributed by atoms with van der Waals surface area (Å²) in [6.45, 7) is 2.18. The monoisotopic (exact) mass is 280 g/mol. The van der Waals surface area contributed by atoms with E-state index in [0.29, 0.717) is 19.4 Å². The molecule has 5 heteroatoms. The Hall–Kier alpha value is -1.75. The SMILES string of the molecule is CNCCCNC(=O)CCCOc1ccc(OC)cc1. The van der Waals surface area contributed by atoms with Crippen molar-refractivity contribution in [1.29, 1.82) is 0 Å². The van der Waals surface area contributed by atoms with E-state index in [1.165, 1.54) is 0 Å². The average Bonchev–Trinajstić information content (AvgIpc) is 2.49. The van der Waals surface area contributed by atoms with Crippen molar-refractivity contribution in [2.75, 3.05) is 33.9 Å². The minimum absolute atomic E-state index is 0.0828. The lowest BCUT2D eigenvalue weighted by Gasteiger charge is -2.07. The Morgan fingerprint density at radius 2 is 1.80 bits per heavy atom. The molecule has 0 bridgehead atoms. The van der Waals surface area contributed by atoms with Gasteiger partial charge in [0.2, 0.25) is 5.91 Å². The molecule has 20 heavy (non-hydrogen) atoms. The van der Waals surface area contributed by atoms with E-state index >= 15 is 0 Å². The molecule has 2 N–H and O–H groups in total. The molecule has 0 fully saturated rings. The number of carbonyl (C=O) groups is 1. The average molecular weight is 280 g/mol. The van der Waals surface area contributed by atoms with Gasteiger partial charge in [-0.25, -0.2) is 0 Å². The molecule has 0 unspecified atom stereocenters. The van der Waals surface area contributed by atoms with Crippen LogP contribution in [0.25, 0.3) is 0 Å². The Kier molecular flexibility index (Phi) is 8.22. The molecule has 0 spiro atoms. The number of rotatable bonds is 10. The Labute approximate surface area is 120 Å². The van der Waals surface area contributed by atoms with Gasteiger partial charge in [-0.2, -0.15) is 0 Å². The lowest BCUT2D eigenvalue weighted by atomic mass is 10.3. The zero-order chi connectivity index (χ0) is 14.6. The highest BCUT2D eigenvalue weighted by molar-refractivity contribution is 5.75. The summed E-state index contributed by atoms with van der Waals surface area (Å²) >= 11 is 0. The molecule has 1 aromatic rings. The number of benzene rings is 1. The van der Waals surface area contributed by atoms with Gasteiger partial charge >= 0.3 is 0 Å². The van der Waals surface area contributed by atoms with Gasteiger partial charge in [0, 0.05) is 13.0 Å². The second-order valence-electron chi connectivity index (χ2n) is 4.43. The lowest BCUT2D eigenvalue weighted by molar-refractivity contribution is -0.121. The molecule has 1 aromatic carbocycles. The van der Waals surface area contributed by atoms with E-state index in [-0.39, 0.29) is 5.91 Å². The number of hydrogen-bond acceptors (Lipinski definition) is 4. The maximum atomic E-state index is 11.5. The smallest absolute Gasteiger partial charge is 0.220 e. The minimum Gasteiger partial charge on any atom is -0.497 e. The summed E-state index contributed by atoms with van der Waals surface area (Å²) in [5.41, 5.74) is 0. The molecular formula is C15H24N2O3. The summed E-state index contributed by atoms with van der Waals surface area (Å²) in [7, 11) is 3.53. The van der Waals surface area contributed by atoms with Crippen LogP contribution in [0.15, 0.2) is 24.3 Å². The summed E-state index contributed by atoms with van der Waals surface area (Å²) in [6.07, 6.45) is 2.16. The number of methoxy groups -OCH3 is 1. The van der Waals surface area contributed by atoms with Crippen molar-refractivity contribution in [3.05, 3.63) is 24.3 Å². The largest absolute Gasteiger partial charge is 0.497 e. The zero-order valence-corrected chi connectivity index (χ0v) is 12.3. The van der Waals surface area contributed by atoms with Crippen LogP contribution in [0.4, 0.5) is 0 Å². The van der Waals surface area contributed by atoms with Crippen LogP contribution in [0, 0.1) is 0 Å². The van der Waals surface area contributed by atoms with Gasteiger partial charge in [-0.05, 0) is 50.7 Å². The summed E-state index contributed by atoms with van der Waals surface area (Å²) in [5.74, 6) is 1.68. The first kappa shape index (κ1) is 16.3. The third kappa shape index (κ3) is 6.99. The van der Waals surface area contributed by atoms with Gasteiger partial charge in [0.05, 0.1) is 13.7 Å². The van der Waals surface area contributed by atoms with E-state index in [1.807, 2.05) is 31.3 Å². The molecule has 1 rings (SSSR count). The maximum Gasteiger partial charge on any atom is 0.220 e. The molecule has 0 heterocycles. The van der Waals surface area contributed by atoms with E-state index < -0.39 is 0 Å². The Bertz CT molecular complexity index is 379. The maximum absolute atomic E-state index is 11.5. The van der Waals surface area contributed by atoms with E-state index in [9.17, 15) is 4.79 Å². The van der Waals surface area contributed by atoms with Crippen LogP contribution >= 0.6 is 0 Å². The highest BCUT2D eigenvalue weighted by atomic mass is 16.5. The molecule has 0 aliphatic rings. The quantitative estimate of drug-likeness (QED) is 0.639. The van der Waals surface area contributed by atoms with Crippen molar-refractivity contribution in [3.8, 4) is 11.5 Å². The minimum atomic E-state index is 0.0828. The van der Waals surface area contributed by atoms with E-state index in [2.05, 4.69) is 10.6 Å². The second kappa shape index (κ2) is 10.1. The summed E-state index contributed by atoms with van der Waals surface area (Å²) in [5, 5.41) is 5.92. The predicted octanol–water partition coefficient (Wildman–Crippen LogP) is 1.58. The van der Waals surface area contributed by atoms with Gasteiger partial charge in [0.15, 0.2) is 0 Å². The molecule has 0 saturated heterocycles. The fourth-order valence-electron chi connectivity index (χ4n) is 1.68. The van der Waals surface area contributed by atoms with Crippen molar-refractivity contribution in [1.82, 2.24) is 10.6 Å². The van der Waals surface area contributed by atoms with Crippen LogP contribution in [0.1, 0.15) is 19.3 Å². The molecule has 0 saturated carbocycles. The van der Waals surface area contributed by atoms with Crippen molar-refractivity contribution < 1.29 is 14.3 Å². The van der Waals surface area contributed by atoms with Gasteiger partial charge < -0.3 is 20.1 Å². The summed E-state index contributed by atoms with van der Waals surface area (Å²) in [6, 6.07) is 7.42. The van der Waals surface area contributed by atoms with Gasteiger partial charge in [0.1, 0.15) is 11.5 Å². The van der Waals surface area contributed by atoms with Crippen LogP contribution in [0.2, 0.25) is 0 Å². The highest BCUT2D eigenvalue weighted by Crippen LogP contribution is 2.17. The van der Waals surface area contributed by atoms with Gasteiger partial charge in [-0.15, -0.1) is 0 Å². The predicted molar refractivity (Wildman–Crippen MR) is 79.3 cm³/mol. The first-order valence-electron chi connectivity index (χ1n) is 6.94. The van der Waals surface area contributed by atoms with E-state index in [4.69, 9.17) is 9.47 Å². The normalized spacial score (nSPS) is 10.1. The molecule has 0 aromatic heterocycles. The number of hydrogen-bond donors (Lipinski definition) is 2. The Morgan fingerprint density at radius 1 is 1.10 bits per heavy atom. The number of carbonyl (C=O) groups excluding carboxylic acids is 1. The molecule has 112 valence electrons. The molecule has 0 aliphatic heterocycles. The van der Waals surface area contributed by atoms with Crippen molar-refractivity contribution in [2.24, 2.45) is 0 Å². The molecule has 5 nitrogen and oxygen atoms in total. The molecule has 0 atom stereocenters. The fraction of sp³-hybridized carbons (Fsp3) is 0.533. The molecule has 0 radical (unpaired) electrons. The van der Waals surface area contributed by atoms with Gasteiger partial charge in [-0.1, -0.05) is 0 Å². The van der Waals surface area contributed by atoms with Crippen LogP contribution in [-0.4, -0.2) is 39.8 Å². The standard InChI is InChI=1S/C15H24N2O3/c1-16-10-4-11-17-15(18)5-3-12-20-14-8-6-13(19-2)7-9-14/h6-9,16H,3-5,10-12H2,1-2H3,(H,17,18). The lowest BCUT2D eigenvalue weighted by Crippen LogP contribution is -2.26. The molecule has 0 aliphatic carbocycles. The third-order valence-corrected chi connectivity index (χ3v) is 2.80. The van der Waals surface area contributed by atoms with Gasteiger partial charge in [-0.3, -0.25) is 4.79 Å². The van der Waals surface area contributed by atoms with Crippen LogP contribution in [0.3, 0.4) is 0 Å². The molecular weight excluding hydrogens is 256 g/mol. The van der Waals surface area contributed by atoms with Crippen molar-refractivity contribution in [3.63, 3.8) is 0 Å². The number of amides is 1. The summed E-state index contributed by atoms with van der Waals surface area (Å²) < 4.78 is 10.6. The molecule has 1 amide bonds. The van der Waals surface area contributed by atoms with Gasteiger partial charge in [0.25, 0.3) is 0 Å². The first-order chi connectivity index (χ1) is 9.76. The van der Waals surface area contributed by atoms with E-state index in [1.54, 1.807) is 7.11 Å². The first-order valence-corrected chi connectivity index (χ1v) is 6.94. The van der Waals surface area contributed by atoms with Crippen molar-refractivity contribution in [2.45, 2.75) is 19.3 Å². The Balaban J connectivity index is 2.07. The van der Waals surface area contributed by atoms with Crippen LogP contribution in [0.5, 0.6) is 11.5 Å². The Morgan fingerprint density at radius 3 is 2.45 bits per heavy atom. The van der Waals surface area contributed by atoms with Crippen LogP contribution < -0.4 is 20.1 Å². The topological polar surface area (TPSA) is 59.6 Å². The summed E-state index contributed by atoms with van der Waals surface area (Å²) in [4.78, 5) is 11.5. The van der Waals surface area contributed by atoms with E-state index in [0.717, 1.165) is 31.0 Å². The fourth-order valence-corrected chi connectivity index (χ4v) is 1.68. The van der Waals surface area contributed by atoms with Crippen LogP contribution in [-0.2, 0) is 4.79 Å². The third-order valence-electron chi connectivity index (χ3n) is 2.80. The second-order valence-corrected chi connectivity index (χ2v) is 4.43. The highest BCUT2D eigenvalue weighted by Gasteiger charge is 2.01. The van der Waals surface area contributed by atoms with Crippen molar-refractivity contribution >= 4 is 5.91 Å².